The van der Waals surface area contributed by atoms with Crippen molar-refractivity contribution in [2.75, 3.05) is 13.2 Å². The van der Waals surface area contributed by atoms with Gasteiger partial charge in [-0.25, -0.2) is 0 Å². The van der Waals surface area contributed by atoms with Crippen molar-refractivity contribution in [2.24, 2.45) is 5.92 Å². The Kier molecular flexibility index (Phi) is 4.26. The average Bonchev–Trinajstić information content (AvgIpc) is 2.66. The van der Waals surface area contributed by atoms with Crippen molar-refractivity contribution in [1.82, 2.24) is 5.32 Å². The molecule has 2 fully saturated rings. The maximum Gasteiger partial charge on any atom is 0.0468 e. The van der Waals surface area contributed by atoms with Gasteiger partial charge in [-0.1, -0.05) is 12.8 Å². The van der Waals surface area contributed by atoms with Gasteiger partial charge in [0.05, 0.1) is 0 Å². The molecule has 1 saturated heterocycles. The summed E-state index contributed by atoms with van der Waals surface area (Å²) in [4.78, 5) is 0. The minimum Gasteiger partial charge on any atom is -0.381 e. The van der Waals surface area contributed by atoms with Gasteiger partial charge in [0.25, 0.3) is 0 Å². The quantitative estimate of drug-likeness (QED) is 0.794. The summed E-state index contributed by atoms with van der Waals surface area (Å²) in [7, 11) is 0. The summed E-state index contributed by atoms with van der Waals surface area (Å²) in [5, 5.41) is 3.86. The SMILES string of the molecule is CC(CC1CCOCC1)NC1(C)CCCC1. The van der Waals surface area contributed by atoms with Crippen LogP contribution in [0, 0.1) is 5.92 Å². The first kappa shape index (κ1) is 12.4. The second-order valence-corrected chi connectivity index (χ2v) is 6.10. The van der Waals surface area contributed by atoms with E-state index < -0.39 is 0 Å². The maximum atomic E-state index is 5.41. The average molecular weight is 225 g/mol. The van der Waals surface area contributed by atoms with Gasteiger partial charge in [-0.3, -0.25) is 0 Å². The van der Waals surface area contributed by atoms with Crippen molar-refractivity contribution < 1.29 is 4.74 Å². The van der Waals surface area contributed by atoms with E-state index in [1.165, 1.54) is 44.9 Å². The zero-order chi connectivity index (χ0) is 11.4. The number of nitrogens with one attached hydrogen (secondary N) is 1. The molecule has 1 aliphatic heterocycles. The van der Waals surface area contributed by atoms with Gasteiger partial charge in [-0.15, -0.1) is 0 Å². The lowest BCUT2D eigenvalue weighted by Gasteiger charge is -2.32. The maximum absolute atomic E-state index is 5.41. The highest BCUT2D eigenvalue weighted by Gasteiger charge is 2.30. The largest absolute Gasteiger partial charge is 0.381 e. The Morgan fingerprint density at radius 2 is 1.88 bits per heavy atom. The topological polar surface area (TPSA) is 21.3 Å². The molecule has 16 heavy (non-hydrogen) atoms. The van der Waals surface area contributed by atoms with E-state index in [2.05, 4.69) is 19.2 Å². The van der Waals surface area contributed by atoms with Crippen molar-refractivity contribution >= 4 is 0 Å². The monoisotopic (exact) mass is 225 g/mol. The van der Waals surface area contributed by atoms with Crippen LogP contribution in [0.25, 0.3) is 0 Å². The summed E-state index contributed by atoms with van der Waals surface area (Å²) in [6.45, 7) is 6.73. The Morgan fingerprint density at radius 3 is 2.50 bits per heavy atom. The zero-order valence-corrected chi connectivity index (χ0v) is 10.9. The van der Waals surface area contributed by atoms with Crippen LogP contribution in [0.1, 0.15) is 58.8 Å². The summed E-state index contributed by atoms with van der Waals surface area (Å²) in [6.07, 6.45) is 9.42. The zero-order valence-electron chi connectivity index (χ0n) is 10.9. The van der Waals surface area contributed by atoms with E-state index in [0.29, 0.717) is 11.6 Å². The molecule has 1 saturated carbocycles. The highest BCUT2D eigenvalue weighted by Crippen LogP contribution is 2.30. The molecule has 0 amide bonds. The van der Waals surface area contributed by atoms with Crippen molar-refractivity contribution in [3.05, 3.63) is 0 Å². The molecule has 2 nitrogen and oxygen atoms in total. The van der Waals surface area contributed by atoms with E-state index in [0.717, 1.165) is 19.1 Å². The van der Waals surface area contributed by atoms with Gasteiger partial charge in [0.2, 0.25) is 0 Å². The molecule has 2 rings (SSSR count). The molecule has 1 aliphatic carbocycles. The third-order valence-electron chi connectivity index (χ3n) is 4.33. The molecule has 0 bridgehead atoms. The summed E-state index contributed by atoms with van der Waals surface area (Å²) < 4.78 is 5.41. The first-order valence-electron chi connectivity index (χ1n) is 7.03. The molecule has 0 aromatic carbocycles. The molecule has 2 heteroatoms. The normalized spacial score (nSPS) is 28.1. The van der Waals surface area contributed by atoms with Crippen LogP contribution in [0.5, 0.6) is 0 Å². The summed E-state index contributed by atoms with van der Waals surface area (Å²) in [5.74, 6) is 0.890. The second kappa shape index (κ2) is 5.50. The van der Waals surface area contributed by atoms with Crippen LogP contribution in [0.4, 0.5) is 0 Å². The third-order valence-corrected chi connectivity index (χ3v) is 4.33. The molecule has 1 heterocycles. The summed E-state index contributed by atoms with van der Waals surface area (Å²) in [6, 6.07) is 0.672. The van der Waals surface area contributed by atoms with Crippen LogP contribution in [-0.2, 0) is 4.74 Å². The first-order chi connectivity index (χ1) is 7.68. The predicted octanol–water partition coefficient (Wildman–Crippen LogP) is 3.11. The van der Waals surface area contributed by atoms with Gasteiger partial charge in [0.15, 0.2) is 0 Å². The Morgan fingerprint density at radius 1 is 1.25 bits per heavy atom. The van der Waals surface area contributed by atoms with E-state index >= 15 is 0 Å². The molecular weight excluding hydrogens is 198 g/mol. The molecule has 0 aromatic heterocycles. The Hall–Kier alpha value is -0.0800. The highest BCUT2D eigenvalue weighted by atomic mass is 16.5. The van der Waals surface area contributed by atoms with Gasteiger partial charge < -0.3 is 10.1 Å². The standard InChI is InChI=1S/C14H27NO/c1-12(11-13-5-9-16-10-6-13)15-14(2)7-3-4-8-14/h12-13,15H,3-11H2,1-2H3. The van der Waals surface area contributed by atoms with Gasteiger partial charge in [0.1, 0.15) is 0 Å². The van der Waals surface area contributed by atoms with Crippen LogP contribution in [0.3, 0.4) is 0 Å². The Bertz CT molecular complexity index is 205. The predicted molar refractivity (Wildman–Crippen MR) is 67.6 cm³/mol. The lowest BCUT2D eigenvalue weighted by Crippen LogP contribution is -2.45. The van der Waals surface area contributed by atoms with E-state index in [-0.39, 0.29) is 0 Å². The minimum absolute atomic E-state index is 0.435. The van der Waals surface area contributed by atoms with E-state index in [4.69, 9.17) is 4.74 Å². The smallest absolute Gasteiger partial charge is 0.0468 e. The van der Waals surface area contributed by atoms with Gasteiger partial charge in [0, 0.05) is 24.8 Å². The number of ether oxygens (including phenoxy) is 1. The summed E-state index contributed by atoms with van der Waals surface area (Å²) in [5.41, 5.74) is 0.435. The van der Waals surface area contributed by atoms with E-state index in [1.807, 2.05) is 0 Å². The summed E-state index contributed by atoms with van der Waals surface area (Å²) >= 11 is 0. The lowest BCUT2D eigenvalue weighted by atomic mass is 9.91. The van der Waals surface area contributed by atoms with Crippen LogP contribution < -0.4 is 5.32 Å². The van der Waals surface area contributed by atoms with Gasteiger partial charge >= 0.3 is 0 Å². The molecule has 1 atom stereocenters. The van der Waals surface area contributed by atoms with Gasteiger partial charge in [-0.2, -0.15) is 0 Å². The molecule has 1 unspecified atom stereocenters. The molecule has 94 valence electrons. The van der Waals surface area contributed by atoms with Crippen LogP contribution in [0.15, 0.2) is 0 Å². The number of rotatable bonds is 4. The van der Waals surface area contributed by atoms with Crippen LogP contribution in [0.2, 0.25) is 0 Å². The molecule has 0 radical (unpaired) electrons. The molecule has 0 spiro atoms. The minimum atomic E-state index is 0.435. The Balaban J connectivity index is 1.72. The van der Waals surface area contributed by atoms with Crippen molar-refractivity contribution in [3.63, 3.8) is 0 Å². The van der Waals surface area contributed by atoms with Crippen LogP contribution >= 0.6 is 0 Å². The molecule has 2 aliphatic rings. The van der Waals surface area contributed by atoms with Gasteiger partial charge in [-0.05, 0) is 51.9 Å². The lowest BCUT2D eigenvalue weighted by molar-refractivity contribution is 0.0599. The third kappa shape index (κ3) is 3.46. The van der Waals surface area contributed by atoms with Crippen molar-refractivity contribution in [3.8, 4) is 0 Å². The Labute approximate surface area is 100 Å². The number of hydrogen-bond donors (Lipinski definition) is 1. The van der Waals surface area contributed by atoms with Crippen molar-refractivity contribution in [1.29, 1.82) is 0 Å². The second-order valence-electron chi connectivity index (χ2n) is 6.10. The first-order valence-corrected chi connectivity index (χ1v) is 7.03. The molecule has 0 aromatic rings. The molecule has 1 N–H and O–H groups in total. The van der Waals surface area contributed by atoms with E-state index in [1.54, 1.807) is 0 Å². The van der Waals surface area contributed by atoms with Crippen LogP contribution in [-0.4, -0.2) is 24.8 Å². The molecular formula is C14H27NO. The fourth-order valence-corrected chi connectivity index (χ4v) is 3.44. The number of hydrogen-bond acceptors (Lipinski definition) is 2. The van der Waals surface area contributed by atoms with E-state index in [9.17, 15) is 0 Å². The van der Waals surface area contributed by atoms with Crippen molar-refractivity contribution in [2.45, 2.75) is 70.4 Å². The fourth-order valence-electron chi connectivity index (χ4n) is 3.44. The fraction of sp³-hybridized carbons (Fsp3) is 1.00. The highest BCUT2D eigenvalue weighted by molar-refractivity contribution is 4.90.